The molecule has 17 heavy (non-hydrogen) atoms. The van der Waals surface area contributed by atoms with Crippen molar-refractivity contribution in [3.63, 3.8) is 0 Å². The summed E-state index contributed by atoms with van der Waals surface area (Å²) in [5.74, 6) is 0. The van der Waals surface area contributed by atoms with Crippen molar-refractivity contribution < 1.29 is 0 Å². The van der Waals surface area contributed by atoms with Crippen molar-refractivity contribution >= 4 is 15.9 Å². The van der Waals surface area contributed by atoms with Crippen LogP contribution in [0.4, 0.5) is 0 Å². The molecule has 0 fully saturated rings. The van der Waals surface area contributed by atoms with E-state index in [1.807, 2.05) is 35.3 Å². The number of pyridine rings is 1. The van der Waals surface area contributed by atoms with Crippen LogP contribution < -0.4 is 0 Å². The predicted octanol–water partition coefficient (Wildman–Crippen LogP) is 2.76. The Morgan fingerprint density at radius 1 is 1.41 bits per heavy atom. The van der Waals surface area contributed by atoms with E-state index in [4.69, 9.17) is 0 Å². The number of rotatable bonds is 5. The first-order chi connectivity index (χ1) is 8.29. The molecular weight excluding hydrogens is 280 g/mol. The summed E-state index contributed by atoms with van der Waals surface area (Å²) in [5.41, 5.74) is 2.07. The molecule has 0 aromatic carbocycles. The average molecular weight is 295 g/mol. The highest BCUT2D eigenvalue weighted by molar-refractivity contribution is 9.09. The molecule has 0 aliphatic rings. The minimum Gasteiger partial charge on any atom is -0.261 e. The van der Waals surface area contributed by atoms with Gasteiger partial charge in [0.2, 0.25) is 0 Å². The first-order valence-corrected chi connectivity index (χ1v) is 6.65. The second-order valence-electron chi connectivity index (χ2n) is 3.85. The zero-order valence-corrected chi connectivity index (χ0v) is 11.3. The first-order valence-electron chi connectivity index (χ1n) is 5.73. The molecule has 5 heteroatoms. The molecule has 2 aromatic rings. The molecule has 0 N–H and O–H groups in total. The summed E-state index contributed by atoms with van der Waals surface area (Å²) in [5, 5.41) is 8.25. The number of aryl methyl sites for hydroxylation is 2. The minimum absolute atomic E-state index is 0.297. The van der Waals surface area contributed by atoms with Crippen LogP contribution in [0.1, 0.15) is 29.6 Å². The van der Waals surface area contributed by atoms with Crippen LogP contribution in [0.15, 0.2) is 30.6 Å². The van der Waals surface area contributed by atoms with Crippen LogP contribution in [0.5, 0.6) is 0 Å². The largest absolute Gasteiger partial charge is 0.261 e. The van der Waals surface area contributed by atoms with Gasteiger partial charge in [-0.3, -0.25) is 9.67 Å². The highest BCUT2D eigenvalue weighted by Gasteiger charge is 2.09. The molecule has 0 aliphatic carbocycles. The van der Waals surface area contributed by atoms with E-state index in [1.54, 1.807) is 0 Å². The van der Waals surface area contributed by atoms with Crippen molar-refractivity contribution in [2.75, 3.05) is 0 Å². The number of hydrogen-bond acceptors (Lipinski definition) is 3. The molecule has 1 unspecified atom stereocenters. The monoisotopic (exact) mass is 294 g/mol. The van der Waals surface area contributed by atoms with Crippen molar-refractivity contribution in [2.45, 2.75) is 31.1 Å². The van der Waals surface area contributed by atoms with E-state index >= 15 is 0 Å². The Kier molecular flexibility index (Phi) is 4.25. The highest BCUT2D eigenvalue weighted by Crippen LogP contribution is 2.23. The molecule has 2 heterocycles. The predicted molar refractivity (Wildman–Crippen MR) is 69.9 cm³/mol. The van der Waals surface area contributed by atoms with E-state index in [9.17, 15) is 0 Å². The maximum Gasteiger partial charge on any atom is 0.0963 e. The van der Waals surface area contributed by atoms with Crippen LogP contribution in [-0.4, -0.2) is 20.0 Å². The lowest BCUT2D eigenvalue weighted by Crippen LogP contribution is -2.03. The van der Waals surface area contributed by atoms with Crippen LogP contribution in [0.3, 0.4) is 0 Å². The van der Waals surface area contributed by atoms with Gasteiger partial charge in [0.05, 0.1) is 10.5 Å². The number of halogens is 1. The summed E-state index contributed by atoms with van der Waals surface area (Å²) in [6.45, 7) is 2.93. The molecule has 0 radical (unpaired) electrons. The SMILES string of the molecule is CCC(Br)c1cn(CCc2ccccn2)nn1. The number of nitrogens with zero attached hydrogens (tertiary/aromatic N) is 4. The molecule has 0 aliphatic heterocycles. The van der Waals surface area contributed by atoms with Crippen LogP contribution in [-0.2, 0) is 13.0 Å². The third kappa shape index (κ3) is 3.36. The van der Waals surface area contributed by atoms with Gasteiger partial charge in [-0.25, -0.2) is 0 Å². The van der Waals surface area contributed by atoms with Gasteiger partial charge in [0.25, 0.3) is 0 Å². The van der Waals surface area contributed by atoms with Gasteiger partial charge < -0.3 is 0 Å². The second kappa shape index (κ2) is 5.91. The van der Waals surface area contributed by atoms with Crippen molar-refractivity contribution in [1.82, 2.24) is 20.0 Å². The number of aromatic nitrogens is 4. The second-order valence-corrected chi connectivity index (χ2v) is 4.96. The summed E-state index contributed by atoms with van der Waals surface area (Å²) in [6, 6.07) is 5.95. The molecule has 90 valence electrons. The molecule has 0 bridgehead atoms. The van der Waals surface area contributed by atoms with Crippen LogP contribution in [0, 0.1) is 0 Å². The van der Waals surface area contributed by atoms with Crippen molar-refractivity contribution in [1.29, 1.82) is 0 Å². The average Bonchev–Trinajstić information content (AvgIpc) is 2.85. The zero-order chi connectivity index (χ0) is 12.1. The van der Waals surface area contributed by atoms with E-state index in [0.717, 1.165) is 30.8 Å². The third-order valence-electron chi connectivity index (χ3n) is 2.56. The molecule has 0 amide bonds. The van der Waals surface area contributed by atoms with Gasteiger partial charge in [-0.2, -0.15) is 0 Å². The van der Waals surface area contributed by atoms with E-state index < -0.39 is 0 Å². The van der Waals surface area contributed by atoms with E-state index in [1.165, 1.54) is 0 Å². The van der Waals surface area contributed by atoms with Crippen molar-refractivity contribution in [3.8, 4) is 0 Å². The van der Waals surface area contributed by atoms with E-state index in [0.29, 0.717) is 4.83 Å². The molecule has 2 rings (SSSR count). The fraction of sp³-hybridized carbons (Fsp3) is 0.417. The fourth-order valence-corrected chi connectivity index (χ4v) is 1.76. The van der Waals surface area contributed by atoms with Crippen molar-refractivity contribution in [3.05, 3.63) is 42.0 Å². The third-order valence-corrected chi connectivity index (χ3v) is 3.68. The Balaban J connectivity index is 1.94. The maximum atomic E-state index is 4.28. The Morgan fingerprint density at radius 2 is 2.29 bits per heavy atom. The topological polar surface area (TPSA) is 43.6 Å². The van der Waals surface area contributed by atoms with Gasteiger partial charge in [0.1, 0.15) is 0 Å². The fourth-order valence-electron chi connectivity index (χ4n) is 1.55. The Morgan fingerprint density at radius 3 is 3.00 bits per heavy atom. The molecule has 0 saturated heterocycles. The lowest BCUT2D eigenvalue weighted by Gasteiger charge is -2.00. The molecule has 4 nitrogen and oxygen atoms in total. The van der Waals surface area contributed by atoms with Crippen LogP contribution in [0.2, 0.25) is 0 Å². The van der Waals surface area contributed by atoms with Gasteiger partial charge in [0.15, 0.2) is 0 Å². The lowest BCUT2D eigenvalue weighted by atomic mass is 10.2. The Bertz CT molecular complexity index is 455. The van der Waals surface area contributed by atoms with Crippen molar-refractivity contribution in [2.24, 2.45) is 0 Å². The van der Waals surface area contributed by atoms with Crippen LogP contribution in [0.25, 0.3) is 0 Å². The molecule has 0 saturated carbocycles. The molecular formula is C12H15BrN4. The van der Waals surface area contributed by atoms with Gasteiger partial charge in [0, 0.05) is 31.1 Å². The summed E-state index contributed by atoms with van der Waals surface area (Å²) in [7, 11) is 0. The zero-order valence-electron chi connectivity index (χ0n) is 9.75. The van der Waals surface area contributed by atoms with Gasteiger partial charge in [-0.05, 0) is 18.6 Å². The smallest absolute Gasteiger partial charge is 0.0963 e. The first kappa shape index (κ1) is 12.2. The van der Waals surface area contributed by atoms with Gasteiger partial charge in [-0.1, -0.05) is 34.1 Å². The van der Waals surface area contributed by atoms with E-state index in [-0.39, 0.29) is 0 Å². The number of hydrogen-bond donors (Lipinski definition) is 0. The summed E-state index contributed by atoms with van der Waals surface area (Å²) in [6.07, 6.45) is 5.70. The van der Waals surface area contributed by atoms with E-state index in [2.05, 4.69) is 38.1 Å². The molecule has 0 spiro atoms. The summed E-state index contributed by atoms with van der Waals surface area (Å²) >= 11 is 3.57. The summed E-state index contributed by atoms with van der Waals surface area (Å²) in [4.78, 5) is 4.58. The quantitative estimate of drug-likeness (QED) is 0.797. The molecule has 2 aromatic heterocycles. The van der Waals surface area contributed by atoms with Crippen LogP contribution >= 0.6 is 15.9 Å². The highest BCUT2D eigenvalue weighted by atomic mass is 79.9. The van der Waals surface area contributed by atoms with Gasteiger partial charge in [-0.15, -0.1) is 5.10 Å². The standard InChI is InChI=1S/C12H15BrN4/c1-2-11(13)12-9-17(16-15-12)8-6-10-5-3-4-7-14-10/h3-5,7,9,11H,2,6,8H2,1H3. The lowest BCUT2D eigenvalue weighted by molar-refractivity contribution is 0.584. The Hall–Kier alpha value is -1.23. The summed E-state index contributed by atoms with van der Waals surface area (Å²) < 4.78 is 1.87. The number of alkyl halides is 1. The maximum absolute atomic E-state index is 4.28. The Labute approximate surface area is 109 Å². The normalized spacial score (nSPS) is 12.6. The minimum atomic E-state index is 0.297. The molecule has 1 atom stereocenters. The van der Waals surface area contributed by atoms with Gasteiger partial charge >= 0.3 is 0 Å².